The third kappa shape index (κ3) is 1.98. The Bertz CT molecular complexity index is 411. The van der Waals surface area contributed by atoms with Crippen LogP contribution < -0.4 is 4.74 Å². The van der Waals surface area contributed by atoms with Crippen LogP contribution >= 0.6 is 0 Å². The van der Waals surface area contributed by atoms with E-state index in [1.807, 2.05) is 6.07 Å². The van der Waals surface area contributed by atoms with Gasteiger partial charge in [0.15, 0.2) is 6.10 Å². The van der Waals surface area contributed by atoms with E-state index in [2.05, 4.69) is 4.98 Å². The molecule has 5 nitrogen and oxygen atoms in total. The number of hydrogen-bond donors (Lipinski definition) is 1. The molecule has 1 saturated carbocycles. The Morgan fingerprint density at radius 1 is 1.47 bits per heavy atom. The second-order valence-corrected chi connectivity index (χ2v) is 4.20. The number of methoxy groups -OCH3 is 2. The van der Waals surface area contributed by atoms with E-state index in [1.165, 1.54) is 7.11 Å². The Hall–Kier alpha value is -1.62. The number of ether oxygens (including phenoxy) is 2. The first-order chi connectivity index (χ1) is 8.14. The van der Waals surface area contributed by atoms with Crippen LogP contribution in [0.4, 0.5) is 0 Å². The zero-order valence-electron chi connectivity index (χ0n) is 9.84. The number of carboxylic acid groups (broad SMARTS) is 1. The number of aliphatic carboxylic acids is 1. The zero-order chi connectivity index (χ0) is 12.5. The van der Waals surface area contributed by atoms with Crippen molar-refractivity contribution in [2.45, 2.75) is 24.4 Å². The standard InChI is InChI=1S/C12H15NO4/c1-16-9-4-3-8(7-13-9)12(5-6-12)10(17-2)11(14)15/h3-4,7,10H,5-6H2,1-2H3,(H,14,15). The molecule has 5 heteroatoms. The highest BCUT2D eigenvalue weighted by molar-refractivity contribution is 5.76. The number of carbonyl (C=O) groups is 1. The van der Waals surface area contributed by atoms with Gasteiger partial charge in [-0.3, -0.25) is 0 Å². The minimum absolute atomic E-state index is 0.417. The SMILES string of the molecule is COc1ccc(C2(C(OC)C(=O)O)CC2)cn1. The van der Waals surface area contributed by atoms with E-state index in [9.17, 15) is 4.79 Å². The van der Waals surface area contributed by atoms with Crippen LogP contribution in [0.2, 0.25) is 0 Å². The van der Waals surface area contributed by atoms with Gasteiger partial charge in [0, 0.05) is 24.8 Å². The van der Waals surface area contributed by atoms with Crippen molar-refractivity contribution < 1.29 is 19.4 Å². The van der Waals surface area contributed by atoms with Crippen LogP contribution in [0, 0.1) is 0 Å². The highest BCUT2D eigenvalue weighted by Crippen LogP contribution is 2.51. The molecule has 0 saturated heterocycles. The molecule has 1 aliphatic carbocycles. The molecule has 1 aromatic heterocycles. The fourth-order valence-corrected chi connectivity index (χ4v) is 2.20. The fourth-order valence-electron chi connectivity index (χ4n) is 2.20. The van der Waals surface area contributed by atoms with Gasteiger partial charge in [-0.25, -0.2) is 9.78 Å². The summed E-state index contributed by atoms with van der Waals surface area (Å²) >= 11 is 0. The molecule has 0 aliphatic heterocycles. The summed E-state index contributed by atoms with van der Waals surface area (Å²) in [6.07, 6.45) is 2.48. The Kier molecular flexibility index (Phi) is 3.02. The molecule has 1 aliphatic rings. The first kappa shape index (κ1) is 11.9. The quantitative estimate of drug-likeness (QED) is 0.834. The van der Waals surface area contributed by atoms with Gasteiger partial charge in [-0.05, 0) is 18.4 Å². The lowest BCUT2D eigenvalue weighted by atomic mass is 9.91. The first-order valence-electron chi connectivity index (χ1n) is 5.40. The van der Waals surface area contributed by atoms with Crippen LogP contribution in [0.5, 0.6) is 5.88 Å². The smallest absolute Gasteiger partial charge is 0.333 e. The monoisotopic (exact) mass is 237 g/mol. The molecule has 0 amide bonds. The van der Waals surface area contributed by atoms with Crippen LogP contribution in [0.1, 0.15) is 18.4 Å². The second-order valence-electron chi connectivity index (χ2n) is 4.20. The molecule has 0 radical (unpaired) electrons. The van der Waals surface area contributed by atoms with Crippen molar-refractivity contribution in [3.63, 3.8) is 0 Å². The van der Waals surface area contributed by atoms with Crippen LogP contribution in [-0.4, -0.2) is 36.4 Å². The van der Waals surface area contributed by atoms with Crippen molar-refractivity contribution in [3.05, 3.63) is 23.9 Å². The van der Waals surface area contributed by atoms with Gasteiger partial charge in [-0.15, -0.1) is 0 Å². The molecule has 92 valence electrons. The van der Waals surface area contributed by atoms with E-state index in [0.717, 1.165) is 18.4 Å². The predicted octanol–water partition coefficient (Wildman–Crippen LogP) is 1.22. The summed E-state index contributed by atoms with van der Waals surface area (Å²) in [6, 6.07) is 3.60. The minimum Gasteiger partial charge on any atom is -0.481 e. The average molecular weight is 237 g/mol. The molecule has 0 aromatic carbocycles. The third-order valence-corrected chi connectivity index (χ3v) is 3.27. The van der Waals surface area contributed by atoms with Gasteiger partial charge < -0.3 is 14.6 Å². The van der Waals surface area contributed by atoms with Gasteiger partial charge in [0.25, 0.3) is 0 Å². The largest absolute Gasteiger partial charge is 0.481 e. The van der Waals surface area contributed by atoms with Gasteiger partial charge in [0.05, 0.1) is 7.11 Å². The lowest BCUT2D eigenvalue weighted by Crippen LogP contribution is -2.35. The maximum absolute atomic E-state index is 11.1. The average Bonchev–Trinajstić information content (AvgIpc) is 3.11. The number of carboxylic acids is 1. The topological polar surface area (TPSA) is 68.7 Å². The lowest BCUT2D eigenvalue weighted by Gasteiger charge is -2.22. The third-order valence-electron chi connectivity index (χ3n) is 3.27. The molecular formula is C12H15NO4. The molecule has 1 fully saturated rings. The molecule has 17 heavy (non-hydrogen) atoms. The maximum atomic E-state index is 11.1. The molecule has 1 aromatic rings. The number of rotatable bonds is 5. The molecule has 2 rings (SSSR count). The summed E-state index contributed by atoms with van der Waals surface area (Å²) in [7, 11) is 2.97. The highest BCUT2D eigenvalue weighted by Gasteiger charge is 2.54. The Labute approximate surface area is 99.4 Å². The molecule has 0 spiro atoms. The number of hydrogen-bond acceptors (Lipinski definition) is 4. The van der Waals surface area contributed by atoms with Crippen molar-refractivity contribution >= 4 is 5.97 Å². The van der Waals surface area contributed by atoms with Crippen LogP contribution in [0.3, 0.4) is 0 Å². The van der Waals surface area contributed by atoms with E-state index >= 15 is 0 Å². The van der Waals surface area contributed by atoms with Crippen molar-refractivity contribution in [1.82, 2.24) is 4.98 Å². The molecular weight excluding hydrogens is 222 g/mol. The van der Waals surface area contributed by atoms with Gasteiger partial charge in [0.2, 0.25) is 5.88 Å². The molecule has 1 heterocycles. The second kappa shape index (κ2) is 4.33. The molecule has 1 atom stereocenters. The van der Waals surface area contributed by atoms with Crippen molar-refractivity contribution in [3.8, 4) is 5.88 Å². The fraction of sp³-hybridized carbons (Fsp3) is 0.500. The maximum Gasteiger partial charge on any atom is 0.333 e. The Morgan fingerprint density at radius 2 is 2.18 bits per heavy atom. The zero-order valence-corrected chi connectivity index (χ0v) is 9.84. The lowest BCUT2D eigenvalue weighted by molar-refractivity contribution is -0.150. The van der Waals surface area contributed by atoms with Crippen molar-refractivity contribution in [2.24, 2.45) is 0 Å². The van der Waals surface area contributed by atoms with Gasteiger partial charge >= 0.3 is 5.97 Å². The van der Waals surface area contributed by atoms with E-state index < -0.39 is 17.5 Å². The summed E-state index contributed by atoms with van der Waals surface area (Å²) in [6.45, 7) is 0. The molecule has 0 bridgehead atoms. The minimum atomic E-state index is -0.930. The van der Waals surface area contributed by atoms with Crippen molar-refractivity contribution in [1.29, 1.82) is 0 Å². The number of nitrogens with zero attached hydrogens (tertiary/aromatic N) is 1. The summed E-state index contributed by atoms with van der Waals surface area (Å²) in [5.41, 5.74) is 0.479. The number of aromatic nitrogens is 1. The van der Waals surface area contributed by atoms with E-state index in [0.29, 0.717) is 5.88 Å². The highest BCUT2D eigenvalue weighted by atomic mass is 16.5. The summed E-state index contributed by atoms with van der Waals surface area (Å²) in [5, 5.41) is 9.14. The molecule has 1 N–H and O–H groups in total. The summed E-state index contributed by atoms with van der Waals surface area (Å²) < 4.78 is 10.1. The molecule has 1 unspecified atom stereocenters. The van der Waals surface area contributed by atoms with Crippen molar-refractivity contribution in [2.75, 3.05) is 14.2 Å². The van der Waals surface area contributed by atoms with Gasteiger partial charge in [-0.1, -0.05) is 6.07 Å². The van der Waals surface area contributed by atoms with Gasteiger partial charge in [-0.2, -0.15) is 0 Å². The number of pyridine rings is 1. The Balaban J connectivity index is 2.28. The predicted molar refractivity (Wildman–Crippen MR) is 60.1 cm³/mol. The van der Waals surface area contributed by atoms with Crippen LogP contribution in [-0.2, 0) is 14.9 Å². The van der Waals surface area contributed by atoms with E-state index in [-0.39, 0.29) is 0 Å². The van der Waals surface area contributed by atoms with Gasteiger partial charge in [0.1, 0.15) is 0 Å². The summed E-state index contributed by atoms with van der Waals surface area (Å²) in [5.74, 6) is -0.408. The summed E-state index contributed by atoms with van der Waals surface area (Å²) in [4.78, 5) is 15.3. The Morgan fingerprint density at radius 3 is 2.53 bits per heavy atom. The normalized spacial score (nSPS) is 18.5. The van der Waals surface area contributed by atoms with E-state index in [1.54, 1.807) is 19.4 Å². The first-order valence-corrected chi connectivity index (χ1v) is 5.40. The van der Waals surface area contributed by atoms with Crippen LogP contribution in [0.15, 0.2) is 18.3 Å². The van der Waals surface area contributed by atoms with E-state index in [4.69, 9.17) is 14.6 Å². The van der Waals surface area contributed by atoms with Crippen LogP contribution in [0.25, 0.3) is 0 Å².